The van der Waals surface area contributed by atoms with Crippen molar-refractivity contribution in [1.82, 2.24) is 14.7 Å². The van der Waals surface area contributed by atoms with Crippen LogP contribution in [0, 0.1) is 10.1 Å². The quantitative estimate of drug-likeness (QED) is 0.339. The number of piperazine rings is 1. The second-order valence-electron chi connectivity index (χ2n) is 9.65. The lowest BCUT2D eigenvalue weighted by molar-refractivity contribution is -0.384. The Morgan fingerprint density at radius 3 is 2.38 bits per heavy atom. The summed E-state index contributed by atoms with van der Waals surface area (Å²) in [5, 5.41) is 16.6. The van der Waals surface area contributed by atoms with Gasteiger partial charge in [-0.2, -0.15) is 5.10 Å². The van der Waals surface area contributed by atoms with Crippen molar-refractivity contribution in [3.63, 3.8) is 0 Å². The second kappa shape index (κ2) is 10.9. The fourth-order valence-electron chi connectivity index (χ4n) is 5.31. The number of nitrogens with zero attached hydrogens (tertiary/aromatic N) is 6. The number of anilines is 2. The van der Waals surface area contributed by atoms with E-state index in [1.165, 1.54) is 17.8 Å². The Balaban J connectivity index is 1.33. The van der Waals surface area contributed by atoms with E-state index in [0.717, 1.165) is 80.5 Å². The highest BCUT2D eigenvalue weighted by Gasteiger charge is 2.29. The highest BCUT2D eigenvalue weighted by atomic mass is 35.5. The van der Waals surface area contributed by atoms with Crippen molar-refractivity contribution in [3.8, 4) is 0 Å². The molecule has 1 aliphatic heterocycles. The van der Waals surface area contributed by atoms with Crippen LogP contribution in [-0.4, -0.2) is 64.8 Å². The third-order valence-electron chi connectivity index (χ3n) is 7.32. The van der Waals surface area contributed by atoms with Crippen molar-refractivity contribution in [1.29, 1.82) is 0 Å². The molecule has 5 rings (SSSR count). The Hall–Kier alpha value is -3.43. The summed E-state index contributed by atoms with van der Waals surface area (Å²) in [6.45, 7) is 4.84. The molecule has 0 unspecified atom stereocenters. The monoisotopic (exact) mass is 522 g/mol. The summed E-state index contributed by atoms with van der Waals surface area (Å²) >= 11 is 6.04. The number of hydrogen-bond acceptors (Lipinski definition) is 6. The first kappa shape index (κ1) is 25.2. The summed E-state index contributed by atoms with van der Waals surface area (Å²) in [6, 6.07) is 13.8. The summed E-state index contributed by atoms with van der Waals surface area (Å²) in [6.07, 6.45) is 4.02. The maximum absolute atomic E-state index is 13.8. The van der Waals surface area contributed by atoms with Gasteiger partial charge in [-0.3, -0.25) is 29.4 Å². The molecule has 0 saturated carbocycles. The van der Waals surface area contributed by atoms with E-state index in [-0.39, 0.29) is 11.6 Å². The van der Waals surface area contributed by atoms with Gasteiger partial charge in [-0.25, -0.2) is 0 Å². The number of carbonyl (C=O) groups excluding carboxylic acids is 1. The fourth-order valence-corrected chi connectivity index (χ4v) is 5.44. The molecule has 2 heterocycles. The normalized spacial score (nSPS) is 15.9. The van der Waals surface area contributed by atoms with E-state index in [0.29, 0.717) is 12.1 Å². The molecule has 2 aromatic carbocycles. The van der Waals surface area contributed by atoms with Crippen LogP contribution >= 0.6 is 11.6 Å². The van der Waals surface area contributed by atoms with Gasteiger partial charge < -0.3 is 4.90 Å². The predicted molar refractivity (Wildman–Crippen MR) is 145 cm³/mol. The molecule has 9 nitrogen and oxygen atoms in total. The number of fused-ring (bicyclic) bond motifs is 1. The second-order valence-corrected chi connectivity index (χ2v) is 10.1. The minimum atomic E-state index is -0.451. The van der Waals surface area contributed by atoms with E-state index in [4.69, 9.17) is 16.7 Å². The van der Waals surface area contributed by atoms with Crippen LogP contribution in [-0.2, 0) is 19.9 Å². The Morgan fingerprint density at radius 2 is 1.70 bits per heavy atom. The maximum atomic E-state index is 13.8. The molecule has 2 aliphatic rings. The molecular formula is C27H31ClN6O3. The first-order valence-corrected chi connectivity index (χ1v) is 13.1. The van der Waals surface area contributed by atoms with Crippen molar-refractivity contribution in [3.05, 3.63) is 80.5 Å². The SMILES string of the molecule is Cn1nc2c(c1N(CCN1CCN(c3ccc(Cl)cc3)CC1)C(=O)c1ccc([N+](=O)[O-])cc1)CCCC2. The molecule has 1 amide bonds. The van der Waals surface area contributed by atoms with E-state index >= 15 is 0 Å². The molecule has 37 heavy (non-hydrogen) atoms. The Labute approximate surface area is 221 Å². The number of benzene rings is 2. The van der Waals surface area contributed by atoms with Crippen molar-refractivity contribution in [2.75, 3.05) is 49.1 Å². The summed E-state index contributed by atoms with van der Waals surface area (Å²) < 4.78 is 1.83. The Bertz CT molecular complexity index is 1270. The van der Waals surface area contributed by atoms with Crippen LogP contribution in [0.25, 0.3) is 0 Å². The van der Waals surface area contributed by atoms with Crippen LogP contribution in [0.4, 0.5) is 17.2 Å². The molecule has 194 valence electrons. The minimum absolute atomic E-state index is 0.0282. The van der Waals surface area contributed by atoms with E-state index < -0.39 is 4.92 Å². The molecule has 10 heteroatoms. The zero-order chi connectivity index (χ0) is 25.9. The molecule has 0 spiro atoms. The van der Waals surface area contributed by atoms with Gasteiger partial charge in [0.05, 0.1) is 10.6 Å². The summed E-state index contributed by atoms with van der Waals surface area (Å²) in [4.78, 5) is 31.0. The largest absolute Gasteiger partial charge is 0.369 e. The van der Waals surface area contributed by atoms with Gasteiger partial charge >= 0.3 is 0 Å². The Morgan fingerprint density at radius 1 is 1.03 bits per heavy atom. The third-order valence-corrected chi connectivity index (χ3v) is 7.57. The number of hydrogen-bond donors (Lipinski definition) is 0. The van der Waals surface area contributed by atoms with Gasteiger partial charge in [-0.05, 0) is 62.1 Å². The lowest BCUT2D eigenvalue weighted by atomic mass is 9.97. The van der Waals surface area contributed by atoms with Crippen molar-refractivity contribution >= 4 is 34.7 Å². The summed E-state index contributed by atoms with van der Waals surface area (Å²) in [7, 11) is 1.90. The molecule has 0 radical (unpaired) electrons. The molecule has 1 fully saturated rings. The van der Waals surface area contributed by atoms with Gasteiger partial charge in [0, 0.05) is 80.3 Å². The average Bonchev–Trinajstić information content (AvgIpc) is 3.25. The predicted octanol–water partition coefficient (Wildman–Crippen LogP) is 4.33. The van der Waals surface area contributed by atoms with Gasteiger partial charge in [-0.15, -0.1) is 0 Å². The number of amides is 1. The molecule has 1 aromatic heterocycles. The third kappa shape index (κ3) is 5.47. The van der Waals surface area contributed by atoms with E-state index in [1.807, 2.05) is 40.9 Å². The number of carbonyl (C=O) groups is 1. The number of nitro groups is 1. The summed E-state index contributed by atoms with van der Waals surface area (Å²) in [5.74, 6) is 0.684. The average molecular weight is 523 g/mol. The van der Waals surface area contributed by atoms with E-state index in [9.17, 15) is 14.9 Å². The first-order chi connectivity index (χ1) is 17.9. The first-order valence-electron chi connectivity index (χ1n) is 12.7. The van der Waals surface area contributed by atoms with Crippen LogP contribution in [0.2, 0.25) is 5.02 Å². The molecule has 0 bridgehead atoms. The van der Waals surface area contributed by atoms with Crippen molar-refractivity contribution < 1.29 is 9.72 Å². The van der Waals surface area contributed by atoms with Gasteiger partial charge in [0.2, 0.25) is 0 Å². The molecule has 0 N–H and O–H groups in total. The lowest BCUT2D eigenvalue weighted by Crippen LogP contribution is -2.49. The fraction of sp³-hybridized carbons (Fsp3) is 0.407. The maximum Gasteiger partial charge on any atom is 0.269 e. The minimum Gasteiger partial charge on any atom is -0.369 e. The molecular weight excluding hydrogens is 492 g/mol. The van der Waals surface area contributed by atoms with Crippen LogP contribution in [0.1, 0.15) is 34.5 Å². The highest BCUT2D eigenvalue weighted by Crippen LogP contribution is 2.31. The summed E-state index contributed by atoms with van der Waals surface area (Å²) in [5.41, 5.74) is 3.79. The molecule has 0 atom stereocenters. The van der Waals surface area contributed by atoms with Gasteiger partial charge in [0.25, 0.3) is 11.6 Å². The van der Waals surface area contributed by atoms with Crippen LogP contribution in [0.15, 0.2) is 48.5 Å². The zero-order valence-electron chi connectivity index (χ0n) is 21.0. The van der Waals surface area contributed by atoms with Crippen LogP contribution < -0.4 is 9.80 Å². The molecule has 1 aliphatic carbocycles. The number of aromatic nitrogens is 2. The lowest BCUT2D eigenvalue weighted by Gasteiger charge is -2.37. The number of rotatable bonds is 7. The highest BCUT2D eigenvalue weighted by molar-refractivity contribution is 6.30. The Kier molecular flexibility index (Phi) is 7.43. The van der Waals surface area contributed by atoms with Crippen LogP contribution in [0.3, 0.4) is 0 Å². The van der Waals surface area contributed by atoms with Crippen LogP contribution in [0.5, 0.6) is 0 Å². The molecule has 1 saturated heterocycles. The number of halogens is 1. The number of aryl methyl sites for hydroxylation is 2. The topological polar surface area (TPSA) is 87.8 Å². The molecule has 3 aromatic rings. The van der Waals surface area contributed by atoms with Gasteiger partial charge in [-0.1, -0.05) is 11.6 Å². The van der Waals surface area contributed by atoms with Crippen molar-refractivity contribution in [2.45, 2.75) is 25.7 Å². The van der Waals surface area contributed by atoms with Gasteiger partial charge in [0.1, 0.15) is 5.82 Å². The van der Waals surface area contributed by atoms with E-state index in [2.05, 4.69) is 9.80 Å². The number of non-ortho nitro benzene ring substituents is 1. The van der Waals surface area contributed by atoms with Crippen molar-refractivity contribution in [2.24, 2.45) is 7.05 Å². The standard InChI is InChI=1S/C27H31ClN6O3/c1-30-26(24-4-2-3-5-25(24)29-30)33(27(35)20-6-10-23(11-7-20)34(36)37)19-16-31-14-17-32(18-15-31)22-12-8-21(28)9-13-22/h6-13H,2-5,14-19H2,1H3. The van der Waals surface area contributed by atoms with Gasteiger partial charge in [0.15, 0.2) is 0 Å². The smallest absolute Gasteiger partial charge is 0.269 e. The zero-order valence-corrected chi connectivity index (χ0v) is 21.7. The van der Waals surface area contributed by atoms with E-state index in [1.54, 1.807) is 12.1 Å². The number of nitro benzene ring substituents is 1.